The smallest absolute Gasteiger partial charge is 0.242 e. The highest BCUT2D eigenvalue weighted by molar-refractivity contribution is 7.92. The van der Waals surface area contributed by atoms with Crippen LogP contribution in [0.15, 0.2) is 24.3 Å². The molecule has 0 aliphatic heterocycles. The van der Waals surface area contributed by atoms with Crippen molar-refractivity contribution in [3.8, 4) is 0 Å². The van der Waals surface area contributed by atoms with Crippen LogP contribution >= 0.6 is 0 Å². The highest BCUT2D eigenvalue weighted by Crippen LogP contribution is 2.18. The largest absolute Gasteiger partial charge is 0.397 e. The molecular formula is C14H22N2O3S. The first kappa shape index (κ1) is 16.5. The van der Waals surface area contributed by atoms with Crippen molar-refractivity contribution in [3.63, 3.8) is 0 Å². The molecule has 0 heterocycles. The van der Waals surface area contributed by atoms with Crippen molar-refractivity contribution in [1.82, 2.24) is 0 Å². The summed E-state index contributed by atoms with van der Waals surface area (Å²) in [5, 5.41) is 1.48. The van der Waals surface area contributed by atoms with Crippen LogP contribution in [0.1, 0.15) is 27.2 Å². The number of benzene rings is 1. The topological polar surface area (TPSA) is 89.3 Å². The normalized spacial score (nSPS) is 13.2. The van der Waals surface area contributed by atoms with E-state index in [9.17, 15) is 13.2 Å². The van der Waals surface area contributed by atoms with Gasteiger partial charge in [-0.3, -0.25) is 4.79 Å². The van der Waals surface area contributed by atoms with Crippen LogP contribution in [0.25, 0.3) is 0 Å². The van der Waals surface area contributed by atoms with Gasteiger partial charge in [-0.1, -0.05) is 26.0 Å². The lowest BCUT2D eigenvalue weighted by atomic mass is 10.2. The molecule has 0 fully saturated rings. The molecule has 0 saturated carbocycles. The van der Waals surface area contributed by atoms with E-state index in [1.807, 2.05) is 13.8 Å². The standard InChI is InChI=1S/C14H22N2O3S/c1-10(2)8-9-20(18,19)11(3)14(17)16-13-7-5-4-6-12(13)15/h4-7,10-11H,8-9,15H2,1-3H3,(H,16,17). The number of carbonyl (C=O) groups is 1. The fraction of sp³-hybridized carbons (Fsp3) is 0.500. The zero-order chi connectivity index (χ0) is 15.3. The van der Waals surface area contributed by atoms with E-state index < -0.39 is 21.0 Å². The summed E-state index contributed by atoms with van der Waals surface area (Å²) in [4.78, 5) is 12.0. The Bertz CT molecular complexity index is 568. The van der Waals surface area contributed by atoms with Gasteiger partial charge in [-0.05, 0) is 31.4 Å². The Labute approximate surface area is 120 Å². The molecule has 1 aromatic carbocycles. The molecule has 6 heteroatoms. The van der Waals surface area contributed by atoms with Crippen LogP contribution in [0.4, 0.5) is 11.4 Å². The number of carbonyl (C=O) groups excluding carboxylic acids is 1. The number of hydrogen-bond acceptors (Lipinski definition) is 4. The highest BCUT2D eigenvalue weighted by Gasteiger charge is 2.28. The van der Waals surface area contributed by atoms with Crippen LogP contribution in [0.3, 0.4) is 0 Å². The van der Waals surface area contributed by atoms with Gasteiger partial charge in [0.05, 0.1) is 17.1 Å². The molecule has 0 bridgehead atoms. The van der Waals surface area contributed by atoms with Crippen molar-refractivity contribution in [3.05, 3.63) is 24.3 Å². The molecule has 3 N–H and O–H groups in total. The summed E-state index contributed by atoms with van der Waals surface area (Å²) in [5.74, 6) is -0.250. The molecule has 0 aliphatic carbocycles. The highest BCUT2D eigenvalue weighted by atomic mass is 32.2. The first-order valence-corrected chi connectivity index (χ1v) is 8.32. The summed E-state index contributed by atoms with van der Waals surface area (Å²) in [6.45, 7) is 5.31. The fourth-order valence-corrected chi connectivity index (χ4v) is 3.12. The Morgan fingerprint density at radius 2 is 1.85 bits per heavy atom. The van der Waals surface area contributed by atoms with Crippen molar-refractivity contribution in [2.45, 2.75) is 32.4 Å². The lowest BCUT2D eigenvalue weighted by Crippen LogP contribution is -2.34. The SMILES string of the molecule is CC(C)CCS(=O)(=O)C(C)C(=O)Nc1ccccc1N. The monoisotopic (exact) mass is 298 g/mol. The summed E-state index contributed by atoms with van der Waals surface area (Å²) in [6.07, 6.45) is 0.549. The summed E-state index contributed by atoms with van der Waals surface area (Å²) in [6, 6.07) is 6.76. The molecule has 1 aromatic rings. The van der Waals surface area contributed by atoms with E-state index in [2.05, 4.69) is 5.32 Å². The van der Waals surface area contributed by atoms with Crippen molar-refractivity contribution >= 4 is 27.1 Å². The van der Waals surface area contributed by atoms with Gasteiger partial charge in [0, 0.05) is 0 Å². The molecule has 1 amide bonds. The van der Waals surface area contributed by atoms with Crippen LogP contribution in [-0.2, 0) is 14.6 Å². The first-order valence-electron chi connectivity index (χ1n) is 6.61. The number of rotatable bonds is 6. The Kier molecular flexibility index (Phi) is 5.56. The average Bonchev–Trinajstić information content (AvgIpc) is 2.38. The second-order valence-electron chi connectivity index (χ2n) is 5.27. The molecule has 0 radical (unpaired) electrons. The van der Waals surface area contributed by atoms with Gasteiger partial charge < -0.3 is 11.1 Å². The minimum atomic E-state index is -3.44. The zero-order valence-corrected chi connectivity index (χ0v) is 12.9. The second kappa shape index (κ2) is 6.74. The molecule has 1 atom stereocenters. The maximum absolute atomic E-state index is 12.1. The number of sulfone groups is 1. The Morgan fingerprint density at radius 1 is 1.25 bits per heavy atom. The van der Waals surface area contributed by atoms with Crippen LogP contribution in [-0.4, -0.2) is 25.3 Å². The third-order valence-electron chi connectivity index (χ3n) is 3.11. The lowest BCUT2D eigenvalue weighted by molar-refractivity contribution is -0.115. The number of hydrogen-bond donors (Lipinski definition) is 2. The van der Waals surface area contributed by atoms with Crippen molar-refractivity contribution in [1.29, 1.82) is 0 Å². The summed E-state index contributed by atoms with van der Waals surface area (Å²) >= 11 is 0. The summed E-state index contributed by atoms with van der Waals surface area (Å²) in [5.41, 5.74) is 6.56. The molecule has 1 unspecified atom stereocenters. The van der Waals surface area contributed by atoms with Crippen molar-refractivity contribution in [2.75, 3.05) is 16.8 Å². The van der Waals surface area contributed by atoms with Crippen LogP contribution in [0, 0.1) is 5.92 Å². The van der Waals surface area contributed by atoms with E-state index in [0.717, 1.165) is 0 Å². The summed E-state index contributed by atoms with van der Waals surface area (Å²) in [7, 11) is -3.44. The molecule has 1 rings (SSSR count). The Morgan fingerprint density at radius 3 is 2.40 bits per heavy atom. The number of nitrogen functional groups attached to an aromatic ring is 1. The molecule has 112 valence electrons. The fourth-order valence-electron chi connectivity index (χ4n) is 1.59. The predicted octanol–water partition coefficient (Wildman–Crippen LogP) is 2.06. The summed E-state index contributed by atoms with van der Waals surface area (Å²) < 4.78 is 24.1. The minimum absolute atomic E-state index is 0.0174. The number of amides is 1. The van der Waals surface area contributed by atoms with E-state index in [1.54, 1.807) is 24.3 Å². The van der Waals surface area contributed by atoms with Gasteiger partial charge in [-0.15, -0.1) is 0 Å². The van der Waals surface area contributed by atoms with Gasteiger partial charge in [0.1, 0.15) is 5.25 Å². The third kappa shape index (κ3) is 4.52. The molecule has 0 aliphatic rings. The van der Waals surface area contributed by atoms with Crippen molar-refractivity contribution in [2.24, 2.45) is 5.92 Å². The van der Waals surface area contributed by atoms with E-state index in [4.69, 9.17) is 5.73 Å². The zero-order valence-electron chi connectivity index (χ0n) is 12.1. The Hall–Kier alpha value is -1.56. The van der Waals surface area contributed by atoms with Crippen LogP contribution in [0.5, 0.6) is 0 Å². The number of para-hydroxylation sites is 2. The van der Waals surface area contributed by atoms with Crippen LogP contribution in [0.2, 0.25) is 0 Å². The van der Waals surface area contributed by atoms with Gasteiger partial charge in [0.15, 0.2) is 9.84 Å². The quantitative estimate of drug-likeness (QED) is 0.787. The number of nitrogens with one attached hydrogen (secondary N) is 1. The third-order valence-corrected chi connectivity index (χ3v) is 5.20. The molecule has 0 saturated heterocycles. The molecule has 0 spiro atoms. The van der Waals surface area contributed by atoms with Crippen LogP contribution < -0.4 is 11.1 Å². The van der Waals surface area contributed by atoms with Gasteiger partial charge in [0.25, 0.3) is 0 Å². The Balaban J connectivity index is 2.74. The van der Waals surface area contributed by atoms with E-state index in [1.165, 1.54) is 6.92 Å². The number of nitrogens with two attached hydrogens (primary N) is 1. The molecule has 5 nitrogen and oxygen atoms in total. The average molecular weight is 298 g/mol. The number of anilines is 2. The van der Waals surface area contributed by atoms with Gasteiger partial charge in [0.2, 0.25) is 5.91 Å². The maximum Gasteiger partial charge on any atom is 0.242 e. The molecular weight excluding hydrogens is 276 g/mol. The lowest BCUT2D eigenvalue weighted by Gasteiger charge is -2.15. The molecule has 20 heavy (non-hydrogen) atoms. The van der Waals surface area contributed by atoms with E-state index in [-0.39, 0.29) is 11.7 Å². The minimum Gasteiger partial charge on any atom is -0.397 e. The molecule has 0 aromatic heterocycles. The van der Waals surface area contributed by atoms with E-state index >= 15 is 0 Å². The maximum atomic E-state index is 12.1. The van der Waals surface area contributed by atoms with E-state index in [0.29, 0.717) is 17.8 Å². The van der Waals surface area contributed by atoms with Crippen molar-refractivity contribution < 1.29 is 13.2 Å². The van der Waals surface area contributed by atoms with Gasteiger partial charge in [-0.25, -0.2) is 8.42 Å². The predicted molar refractivity (Wildman–Crippen MR) is 82.2 cm³/mol. The second-order valence-corrected chi connectivity index (χ2v) is 7.71. The van der Waals surface area contributed by atoms with Gasteiger partial charge in [-0.2, -0.15) is 0 Å². The first-order chi connectivity index (χ1) is 9.24. The van der Waals surface area contributed by atoms with Gasteiger partial charge >= 0.3 is 0 Å².